The van der Waals surface area contributed by atoms with Crippen molar-refractivity contribution in [2.24, 2.45) is 11.8 Å². The number of fused-ring (bicyclic) bond motifs is 1. The molecule has 0 bridgehead atoms. The Kier molecular flexibility index (Phi) is 5.20. The Morgan fingerprint density at radius 3 is 2.54 bits per heavy atom. The standard InChI is InChI=1S/C21H27NO2/c1-15-8-10-22(11-9-15)14-16(2)21(23)19-5-4-18-13-20(24-3)7-6-17(18)12-19/h4-7,12-13,15-16H,8-11,14H2,1-3H3. The van der Waals surface area contributed by atoms with Crippen molar-refractivity contribution in [3.05, 3.63) is 42.0 Å². The molecule has 1 fully saturated rings. The van der Waals surface area contributed by atoms with Crippen LogP contribution in [-0.4, -0.2) is 37.4 Å². The first kappa shape index (κ1) is 17.0. The Morgan fingerprint density at radius 2 is 1.83 bits per heavy atom. The number of hydrogen-bond acceptors (Lipinski definition) is 3. The number of likely N-dealkylation sites (tertiary alicyclic amines) is 1. The van der Waals surface area contributed by atoms with E-state index in [9.17, 15) is 4.79 Å². The van der Waals surface area contributed by atoms with E-state index in [2.05, 4.69) is 18.7 Å². The summed E-state index contributed by atoms with van der Waals surface area (Å²) in [4.78, 5) is 15.2. The SMILES string of the molecule is COc1ccc2cc(C(=O)C(C)CN3CCC(C)CC3)ccc2c1. The van der Waals surface area contributed by atoms with Crippen LogP contribution in [0.4, 0.5) is 0 Å². The maximum atomic E-state index is 12.8. The number of methoxy groups -OCH3 is 1. The minimum atomic E-state index is 0.0362. The van der Waals surface area contributed by atoms with Gasteiger partial charge in [0.2, 0.25) is 0 Å². The molecule has 1 aliphatic heterocycles. The smallest absolute Gasteiger partial charge is 0.166 e. The molecule has 0 radical (unpaired) electrons. The van der Waals surface area contributed by atoms with Gasteiger partial charge in [0, 0.05) is 18.0 Å². The maximum Gasteiger partial charge on any atom is 0.166 e. The number of hydrogen-bond donors (Lipinski definition) is 0. The van der Waals surface area contributed by atoms with Crippen molar-refractivity contribution in [3.63, 3.8) is 0 Å². The molecule has 3 nitrogen and oxygen atoms in total. The molecule has 0 spiro atoms. The van der Waals surface area contributed by atoms with Gasteiger partial charge in [-0.05, 0) is 60.8 Å². The fourth-order valence-electron chi connectivity index (χ4n) is 3.50. The summed E-state index contributed by atoms with van der Waals surface area (Å²) >= 11 is 0. The van der Waals surface area contributed by atoms with Crippen LogP contribution in [0, 0.1) is 11.8 Å². The zero-order valence-corrected chi connectivity index (χ0v) is 14.9. The number of piperidine rings is 1. The lowest BCUT2D eigenvalue weighted by atomic mass is 9.94. The predicted molar refractivity (Wildman–Crippen MR) is 98.8 cm³/mol. The molecule has 2 aromatic rings. The highest BCUT2D eigenvalue weighted by Gasteiger charge is 2.22. The van der Waals surface area contributed by atoms with Gasteiger partial charge in [-0.3, -0.25) is 4.79 Å². The summed E-state index contributed by atoms with van der Waals surface area (Å²) in [5.74, 6) is 1.94. The fourth-order valence-corrected chi connectivity index (χ4v) is 3.50. The van der Waals surface area contributed by atoms with Crippen molar-refractivity contribution in [1.82, 2.24) is 4.90 Å². The third kappa shape index (κ3) is 3.78. The number of rotatable bonds is 5. The summed E-state index contributed by atoms with van der Waals surface area (Å²) in [6.07, 6.45) is 2.50. The number of nitrogens with zero attached hydrogens (tertiary/aromatic N) is 1. The lowest BCUT2D eigenvalue weighted by Gasteiger charge is -2.31. The molecule has 1 unspecified atom stereocenters. The Balaban J connectivity index is 1.70. The Morgan fingerprint density at radius 1 is 1.17 bits per heavy atom. The van der Waals surface area contributed by atoms with Crippen LogP contribution in [0.25, 0.3) is 10.8 Å². The third-order valence-electron chi connectivity index (χ3n) is 5.19. The Bertz CT molecular complexity index is 717. The average molecular weight is 325 g/mol. The first-order valence-corrected chi connectivity index (χ1v) is 8.91. The molecule has 3 rings (SSSR count). The molecule has 0 amide bonds. The van der Waals surface area contributed by atoms with E-state index in [1.165, 1.54) is 12.8 Å². The highest BCUT2D eigenvalue weighted by atomic mass is 16.5. The van der Waals surface area contributed by atoms with Crippen LogP contribution in [0.15, 0.2) is 36.4 Å². The van der Waals surface area contributed by atoms with E-state index in [0.29, 0.717) is 0 Å². The molecule has 1 heterocycles. The van der Waals surface area contributed by atoms with Crippen molar-refractivity contribution in [1.29, 1.82) is 0 Å². The van der Waals surface area contributed by atoms with E-state index in [0.717, 1.165) is 47.6 Å². The van der Waals surface area contributed by atoms with Gasteiger partial charge in [0.05, 0.1) is 7.11 Å². The average Bonchev–Trinajstić information content (AvgIpc) is 2.62. The highest BCUT2D eigenvalue weighted by Crippen LogP contribution is 2.24. The molecule has 128 valence electrons. The minimum Gasteiger partial charge on any atom is -0.497 e. The van der Waals surface area contributed by atoms with Gasteiger partial charge >= 0.3 is 0 Å². The summed E-state index contributed by atoms with van der Waals surface area (Å²) in [6, 6.07) is 11.9. The van der Waals surface area contributed by atoms with Crippen molar-refractivity contribution in [2.45, 2.75) is 26.7 Å². The van der Waals surface area contributed by atoms with Gasteiger partial charge in [0.15, 0.2) is 5.78 Å². The molecule has 1 atom stereocenters. The second kappa shape index (κ2) is 7.35. The molecule has 1 saturated heterocycles. The van der Waals surface area contributed by atoms with Crippen LogP contribution in [0.2, 0.25) is 0 Å². The van der Waals surface area contributed by atoms with Gasteiger partial charge in [0.25, 0.3) is 0 Å². The molecule has 0 N–H and O–H groups in total. The maximum absolute atomic E-state index is 12.8. The second-order valence-electron chi connectivity index (χ2n) is 7.18. The third-order valence-corrected chi connectivity index (χ3v) is 5.19. The van der Waals surface area contributed by atoms with Gasteiger partial charge < -0.3 is 9.64 Å². The summed E-state index contributed by atoms with van der Waals surface area (Å²) in [5.41, 5.74) is 0.811. The van der Waals surface area contributed by atoms with Crippen molar-refractivity contribution in [2.75, 3.05) is 26.7 Å². The predicted octanol–water partition coefficient (Wildman–Crippen LogP) is 4.40. The molecule has 0 saturated carbocycles. The first-order chi connectivity index (χ1) is 11.6. The van der Waals surface area contributed by atoms with Crippen molar-refractivity contribution < 1.29 is 9.53 Å². The number of carbonyl (C=O) groups is 1. The molecule has 0 aliphatic carbocycles. The van der Waals surface area contributed by atoms with Crippen LogP contribution in [0.1, 0.15) is 37.0 Å². The summed E-state index contributed by atoms with van der Waals surface area (Å²) < 4.78 is 5.26. The number of ketones is 1. The van der Waals surface area contributed by atoms with Crippen molar-refractivity contribution in [3.8, 4) is 5.75 Å². The normalized spacial score (nSPS) is 17.8. The molecule has 3 heteroatoms. The van der Waals surface area contributed by atoms with E-state index in [-0.39, 0.29) is 11.7 Å². The van der Waals surface area contributed by atoms with Gasteiger partial charge in [-0.25, -0.2) is 0 Å². The largest absolute Gasteiger partial charge is 0.497 e. The minimum absolute atomic E-state index is 0.0362. The summed E-state index contributed by atoms with van der Waals surface area (Å²) in [5, 5.41) is 2.18. The zero-order valence-electron chi connectivity index (χ0n) is 14.9. The first-order valence-electron chi connectivity index (χ1n) is 8.91. The van der Waals surface area contributed by atoms with Crippen LogP contribution >= 0.6 is 0 Å². The van der Waals surface area contributed by atoms with Crippen LogP contribution in [-0.2, 0) is 0 Å². The quantitative estimate of drug-likeness (QED) is 0.763. The lowest BCUT2D eigenvalue weighted by molar-refractivity contribution is 0.0873. The number of Topliss-reactive ketones (excluding diaryl/α,β-unsaturated/α-hetero) is 1. The van der Waals surface area contributed by atoms with Gasteiger partial charge in [-0.15, -0.1) is 0 Å². The molecular formula is C21H27NO2. The second-order valence-corrected chi connectivity index (χ2v) is 7.18. The van der Waals surface area contributed by atoms with E-state index < -0.39 is 0 Å². The van der Waals surface area contributed by atoms with Crippen LogP contribution < -0.4 is 4.74 Å². The van der Waals surface area contributed by atoms with E-state index in [1.807, 2.05) is 36.4 Å². The van der Waals surface area contributed by atoms with Crippen LogP contribution in [0.5, 0.6) is 5.75 Å². The van der Waals surface area contributed by atoms with E-state index in [1.54, 1.807) is 7.11 Å². The Labute approximate surface area is 144 Å². The monoisotopic (exact) mass is 325 g/mol. The number of benzene rings is 2. The van der Waals surface area contributed by atoms with Gasteiger partial charge in [0.1, 0.15) is 5.75 Å². The number of carbonyl (C=O) groups excluding carboxylic acids is 1. The molecular weight excluding hydrogens is 298 g/mol. The topological polar surface area (TPSA) is 29.5 Å². The highest BCUT2D eigenvalue weighted by molar-refractivity contribution is 6.01. The van der Waals surface area contributed by atoms with E-state index in [4.69, 9.17) is 4.74 Å². The molecule has 1 aliphatic rings. The van der Waals surface area contributed by atoms with Gasteiger partial charge in [-0.1, -0.05) is 32.0 Å². The fraction of sp³-hybridized carbons (Fsp3) is 0.476. The van der Waals surface area contributed by atoms with Crippen LogP contribution in [0.3, 0.4) is 0 Å². The molecule has 0 aromatic heterocycles. The molecule has 2 aromatic carbocycles. The molecule has 24 heavy (non-hydrogen) atoms. The van der Waals surface area contributed by atoms with Gasteiger partial charge in [-0.2, -0.15) is 0 Å². The summed E-state index contributed by atoms with van der Waals surface area (Å²) in [6.45, 7) is 7.48. The van der Waals surface area contributed by atoms with E-state index >= 15 is 0 Å². The zero-order chi connectivity index (χ0) is 17.1. The summed E-state index contributed by atoms with van der Waals surface area (Å²) in [7, 11) is 1.67. The Hall–Kier alpha value is -1.87. The number of ether oxygens (including phenoxy) is 1. The van der Waals surface area contributed by atoms with Crippen molar-refractivity contribution >= 4 is 16.6 Å². The lowest BCUT2D eigenvalue weighted by Crippen LogP contribution is -2.37.